The average Bonchev–Trinajstić information content (AvgIpc) is 3.16. The van der Waals surface area contributed by atoms with Gasteiger partial charge >= 0.3 is 0 Å². The predicted octanol–water partition coefficient (Wildman–Crippen LogP) is 3.81. The molecule has 4 aromatic rings. The molecule has 0 aliphatic heterocycles. The molecule has 27 heavy (non-hydrogen) atoms. The van der Waals surface area contributed by atoms with E-state index in [0.717, 1.165) is 11.0 Å². The molecular weight excluding hydrogens is 338 g/mol. The first-order chi connectivity index (χ1) is 13.2. The molecule has 0 fully saturated rings. The molecule has 4 rings (SSSR count). The highest BCUT2D eigenvalue weighted by atomic mass is 16.5. The van der Waals surface area contributed by atoms with Crippen LogP contribution in [0, 0.1) is 0 Å². The molecule has 134 valence electrons. The summed E-state index contributed by atoms with van der Waals surface area (Å²) < 4.78 is 6.98. The molecule has 0 amide bonds. The van der Waals surface area contributed by atoms with Gasteiger partial charge in [0.2, 0.25) is 0 Å². The molecule has 5 heteroatoms. The van der Waals surface area contributed by atoms with Gasteiger partial charge in [0, 0.05) is 0 Å². The van der Waals surface area contributed by atoms with Crippen LogP contribution in [0.2, 0.25) is 0 Å². The lowest BCUT2D eigenvalue weighted by Gasteiger charge is -2.31. The molecule has 0 aliphatic rings. The molecule has 0 unspecified atom stereocenters. The van der Waals surface area contributed by atoms with E-state index < -0.39 is 5.60 Å². The smallest absolute Gasteiger partial charge is 0.160 e. The van der Waals surface area contributed by atoms with Gasteiger partial charge in [0.05, 0.1) is 12.6 Å². The van der Waals surface area contributed by atoms with Crippen molar-refractivity contribution in [3.63, 3.8) is 0 Å². The highest BCUT2D eigenvalue weighted by Gasteiger charge is 2.39. The van der Waals surface area contributed by atoms with Crippen LogP contribution in [0.4, 0.5) is 0 Å². The van der Waals surface area contributed by atoms with E-state index in [2.05, 4.69) is 10.3 Å². The Balaban J connectivity index is 2.01. The van der Waals surface area contributed by atoms with Gasteiger partial charge in [-0.1, -0.05) is 78.0 Å². The zero-order valence-electron chi connectivity index (χ0n) is 14.9. The van der Waals surface area contributed by atoms with Crippen molar-refractivity contribution in [2.24, 2.45) is 0 Å². The number of nitrogens with zero attached hydrogens (tertiary/aromatic N) is 3. The molecule has 5 nitrogen and oxygen atoms in total. The normalized spacial score (nSPS) is 12.3. The summed E-state index contributed by atoms with van der Waals surface area (Å²) in [5, 5.41) is 20.6. The third-order valence-electron chi connectivity index (χ3n) is 4.56. The van der Waals surface area contributed by atoms with Crippen LogP contribution in [0.1, 0.15) is 11.1 Å². The monoisotopic (exact) mass is 357 g/mol. The van der Waals surface area contributed by atoms with Crippen molar-refractivity contribution in [1.82, 2.24) is 15.0 Å². The number of ether oxygens (including phenoxy) is 1. The van der Waals surface area contributed by atoms with Crippen molar-refractivity contribution in [3.05, 3.63) is 102 Å². The number of aliphatic hydroxyl groups is 1. The van der Waals surface area contributed by atoms with E-state index in [0.29, 0.717) is 16.8 Å². The van der Waals surface area contributed by atoms with Crippen molar-refractivity contribution in [2.45, 2.75) is 5.60 Å². The Morgan fingerprint density at radius 1 is 0.889 bits per heavy atom. The number of aromatic nitrogens is 3. The fourth-order valence-electron chi connectivity index (χ4n) is 3.27. The molecule has 0 aliphatic carbocycles. The Hall–Kier alpha value is -3.44. The van der Waals surface area contributed by atoms with Gasteiger partial charge in [-0.2, -0.15) is 0 Å². The lowest BCUT2D eigenvalue weighted by atomic mass is 9.83. The minimum Gasteiger partial charge on any atom is -0.502 e. The molecule has 0 saturated carbocycles. The summed E-state index contributed by atoms with van der Waals surface area (Å²) in [5.74, 6) is 0. The molecule has 0 atom stereocenters. The average molecular weight is 357 g/mol. The van der Waals surface area contributed by atoms with E-state index in [4.69, 9.17) is 4.74 Å². The third-order valence-corrected chi connectivity index (χ3v) is 4.56. The maximum atomic E-state index is 12.0. The highest BCUT2D eigenvalue weighted by molar-refractivity contribution is 5.80. The summed E-state index contributed by atoms with van der Waals surface area (Å²) in [7, 11) is 1.55. The van der Waals surface area contributed by atoms with E-state index in [1.165, 1.54) is 6.26 Å². The van der Waals surface area contributed by atoms with Crippen molar-refractivity contribution in [3.8, 4) is 0 Å². The lowest BCUT2D eigenvalue weighted by Crippen LogP contribution is -2.32. The summed E-state index contributed by atoms with van der Waals surface area (Å²) in [6.07, 6.45) is 1.52. The first-order valence-corrected chi connectivity index (χ1v) is 8.63. The number of hydrogen-bond donors (Lipinski definition) is 1. The van der Waals surface area contributed by atoms with Gasteiger partial charge < -0.3 is 9.84 Å². The summed E-state index contributed by atoms with van der Waals surface area (Å²) in [6.45, 7) is 0. The van der Waals surface area contributed by atoms with E-state index in [-0.39, 0.29) is 0 Å². The summed E-state index contributed by atoms with van der Waals surface area (Å²) >= 11 is 0. The number of benzene rings is 3. The summed E-state index contributed by atoms with van der Waals surface area (Å²) in [4.78, 5) is 0. The van der Waals surface area contributed by atoms with Gasteiger partial charge in [0.15, 0.2) is 5.60 Å². The van der Waals surface area contributed by atoms with E-state index in [1.54, 1.807) is 11.8 Å². The van der Waals surface area contributed by atoms with Gasteiger partial charge in [-0.05, 0) is 23.3 Å². The number of para-hydroxylation sites is 1. The number of rotatable bonds is 5. The highest BCUT2D eigenvalue weighted by Crippen LogP contribution is 2.39. The minimum atomic E-state index is -1.48. The Morgan fingerprint density at radius 3 is 2.04 bits per heavy atom. The topological polar surface area (TPSA) is 60.2 Å². The Kier molecular flexibility index (Phi) is 4.44. The van der Waals surface area contributed by atoms with E-state index in [1.807, 2.05) is 84.9 Å². The molecule has 1 heterocycles. The minimum absolute atomic E-state index is 0.455. The Bertz CT molecular complexity index is 1030. The van der Waals surface area contributed by atoms with Crippen LogP contribution >= 0.6 is 0 Å². The van der Waals surface area contributed by atoms with Crippen molar-refractivity contribution < 1.29 is 9.84 Å². The van der Waals surface area contributed by atoms with Gasteiger partial charge in [-0.3, -0.25) is 0 Å². The van der Waals surface area contributed by atoms with Gasteiger partial charge in [-0.15, -0.1) is 5.10 Å². The predicted molar refractivity (Wildman–Crippen MR) is 105 cm³/mol. The summed E-state index contributed by atoms with van der Waals surface area (Å²) in [6, 6.07) is 26.6. The van der Waals surface area contributed by atoms with Crippen molar-refractivity contribution in [1.29, 1.82) is 0 Å². The standard InChI is InChI=1S/C22H19N3O2/c1-27-16-21(25-20-15-9-8-14-19(20)23-24-25)22(26,17-10-4-2-5-11-17)18-12-6-3-7-13-18/h2-16,26H,1H3/b21-16+. The summed E-state index contributed by atoms with van der Waals surface area (Å²) in [5.41, 5.74) is 1.91. The molecular formula is C22H19N3O2. The SMILES string of the molecule is CO/C=C(/n1nnc2ccccc21)C(O)(c1ccccc1)c1ccccc1. The van der Waals surface area contributed by atoms with Crippen LogP contribution in [0.3, 0.4) is 0 Å². The van der Waals surface area contributed by atoms with Crippen LogP contribution in [-0.4, -0.2) is 27.2 Å². The second kappa shape index (κ2) is 7.05. The number of fused-ring (bicyclic) bond motifs is 1. The molecule has 3 aromatic carbocycles. The van der Waals surface area contributed by atoms with Crippen LogP contribution < -0.4 is 0 Å². The van der Waals surface area contributed by atoms with Crippen LogP contribution in [0.25, 0.3) is 16.7 Å². The maximum Gasteiger partial charge on any atom is 0.160 e. The molecule has 0 bridgehead atoms. The Morgan fingerprint density at radius 2 is 1.44 bits per heavy atom. The third kappa shape index (κ3) is 2.88. The second-order valence-electron chi connectivity index (χ2n) is 6.17. The van der Waals surface area contributed by atoms with E-state index in [9.17, 15) is 5.11 Å². The van der Waals surface area contributed by atoms with Crippen LogP contribution in [0.15, 0.2) is 91.2 Å². The van der Waals surface area contributed by atoms with Gasteiger partial charge in [0.1, 0.15) is 17.5 Å². The first kappa shape index (κ1) is 17.0. The van der Waals surface area contributed by atoms with Crippen molar-refractivity contribution in [2.75, 3.05) is 7.11 Å². The zero-order valence-corrected chi connectivity index (χ0v) is 14.9. The first-order valence-electron chi connectivity index (χ1n) is 8.63. The fourth-order valence-corrected chi connectivity index (χ4v) is 3.27. The number of hydrogen-bond acceptors (Lipinski definition) is 4. The lowest BCUT2D eigenvalue weighted by molar-refractivity contribution is 0.134. The fraction of sp³-hybridized carbons (Fsp3) is 0.0909. The van der Waals surface area contributed by atoms with E-state index >= 15 is 0 Å². The van der Waals surface area contributed by atoms with Gasteiger partial charge in [-0.25, -0.2) is 4.68 Å². The zero-order chi connectivity index (χ0) is 18.7. The molecule has 0 saturated heterocycles. The largest absolute Gasteiger partial charge is 0.502 e. The van der Waals surface area contributed by atoms with Crippen molar-refractivity contribution >= 4 is 16.7 Å². The number of methoxy groups -OCH3 is 1. The molecule has 1 aromatic heterocycles. The van der Waals surface area contributed by atoms with Crippen LogP contribution in [-0.2, 0) is 10.3 Å². The maximum absolute atomic E-state index is 12.0. The van der Waals surface area contributed by atoms with Crippen LogP contribution in [0.5, 0.6) is 0 Å². The molecule has 1 N–H and O–H groups in total. The van der Waals surface area contributed by atoms with Gasteiger partial charge in [0.25, 0.3) is 0 Å². The molecule has 0 spiro atoms. The molecule has 0 radical (unpaired) electrons. The second-order valence-corrected chi connectivity index (χ2v) is 6.17. The quantitative estimate of drug-likeness (QED) is 0.552. The Labute approximate surface area is 157 Å².